The highest BCUT2D eigenvalue weighted by atomic mass is 32.1. The molecule has 0 aliphatic carbocycles. The van der Waals surface area contributed by atoms with Gasteiger partial charge in [0.15, 0.2) is 0 Å². The molecule has 98 valence electrons. The zero-order chi connectivity index (χ0) is 13.2. The Bertz CT molecular complexity index is 698. The summed E-state index contributed by atoms with van der Waals surface area (Å²) in [6, 6.07) is 8.21. The first-order valence-corrected chi connectivity index (χ1v) is 7.13. The molecule has 2 heterocycles. The van der Waals surface area contributed by atoms with Crippen LogP contribution in [0.1, 0.15) is 16.4 Å². The molecule has 19 heavy (non-hydrogen) atoms. The van der Waals surface area contributed by atoms with Gasteiger partial charge in [-0.2, -0.15) is 0 Å². The Morgan fingerprint density at radius 1 is 1.26 bits per heavy atom. The molecule has 0 aliphatic heterocycles. The van der Waals surface area contributed by atoms with E-state index in [2.05, 4.69) is 33.0 Å². The van der Waals surface area contributed by atoms with Crippen LogP contribution in [0.5, 0.6) is 0 Å². The minimum Gasteiger partial charge on any atom is -0.330 e. The lowest BCUT2D eigenvalue weighted by atomic mass is 10.3. The van der Waals surface area contributed by atoms with E-state index in [-0.39, 0.29) is 0 Å². The zero-order valence-electron chi connectivity index (χ0n) is 11.1. The van der Waals surface area contributed by atoms with Gasteiger partial charge in [0.25, 0.3) is 0 Å². The Morgan fingerprint density at radius 2 is 2.11 bits per heavy atom. The Balaban J connectivity index is 1.72. The molecule has 4 nitrogen and oxygen atoms in total. The SMILES string of the molecule is Cc1ncsc1CNCc1nc2ccccc2n1C. The first-order valence-electron chi connectivity index (χ1n) is 6.25. The lowest BCUT2D eigenvalue weighted by Crippen LogP contribution is -2.15. The maximum Gasteiger partial charge on any atom is 0.123 e. The van der Waals surface area contributed by atoms with Crippen molar-refractivity contribution in [3.8, 4) is 0 Å². The number of aromatic nitrogens is 3. The maximum absolute atomic E-state index is 4.64. The minimum absolute atomic E-state index is 0.766. The molecule has 0 spiro atoms. The van der Waals surface area contributed by atoms with E-state index in [0.29, 0.717) is 0 Å². The number of benzene rings is 1. The number of imidazole rings is 1. The highest BCUT2D eigenvalue weighted by Crippen LogP contribution is 2.15. The molecule has 0 atom stereocenters. The van der Waals surface area contributed by atoms with E-state index in [4.69, 9.17) is 0 Å². The molecule has 3 rings (SSSR count). The number of nitrogens with zero attached hydrogens (tertiary/aromatic N) is 3. The van der Waals surface area contributed by atoms with Gasteiger partial charge in [-0.05, 0) is 19.1 Å². The molecule has 0 amide bonds. The summed E-state index contributed by atoms with van der Waals surface area (Å²) in [7, 11) is 2.06. The number of aryl methyl sites for hydroxylation is 2. The van der Waals surface area contributed by atoms with Gasteiger partial charge in [-0.1, -0.05) is 12.1 Å². The predicted molar refractivity (Wildman–Crippen MR) is 78.1 cm³/mol. The Hall–Kier alpha value is -1.72. The number of rotatable bonds is 4. The van der Waals surface area contributed by atoms with Crippen molar-refractivity contribution in [2.24, 2.45) is 7.05 Å². The summed E-state index contributed by atoms with van der Waals surface area (Å²) in [6.45, 7) is 3.66. The molecule has 0 aliphatic rings. The second-order valence-corrected chi connectivity index (χ2v) is 5.48. The van der Waals surface area contributed by atoms with Crippen molar-refractivity contribution in [1.29, 1.82) is 0 Å². The van der Waals surface area contributed by atoms with Gasteiger partial charge in [0.1, 0.15) is 5.82 Å². The summed E-state index contributed by atoms with van der Waals surface area (Å²) in [6.07, 6.45) is 0. The van der Waals surface area contributed by atoms with Crippen LogP contribution in [0, 0.1) is 6.92 Å². The number of hydrogen-bond acceptors (Lipinski definition) is 4. The summed E-state index contributed by atoms with van der Waals surface area (Å²) in [5.74, 6) is 1.06. The molecule has 0 saturated heterocycles. The van der Waals surface area contributed by atoms with Crippen molar-refractivity contribution < 1.29 is 0 Å². The van der Waals surface area contributed by atoms with Crippen molar-refractivity contribution in [3.63, 3.8) is 0 Å². The van der Waals surface area contributed by atoms with Crippen LogP contribution in [0.3, 0.4) is 0 Å². The van der Waals surface area contributed by atoms with Gasteiger partial charge in [0, 0.05) is 18.5 Å². The fraction of sp³-hybridized carbons (Fsp3) is 0.286. The van der Waals surface area contributed by atoms with Gasteiger partial charge in [-0.25, -0.2) is 9.97 Å². The van der Waals surface area contributed by atoms with Gasteiger partial charge in [-0.3, -0.25) is 0 Å². The highest BCUT2D eigenvalue weighted by molar-refractivity contribution is 7.09. The first-order chi connectivity index (χ1) is 9.25. The van der Waals surface area contributed by atoms with E-state index in [9.17, 15) is 0 Å². The van der Waals surface area contributed by atoms with Gasteiger partial charge < -0.3 is 9.88 Å². The molecule has 0 saturated carbocycles. The van der Waals surface area contributed by atoms with E-state index in [0.717, 1.165) is 30.1 Å². The van der Waals surface area contributed by atoms with E-state index in [1.165, 1.54) is 10.4 Å². The summed E-state index contributed by atoms with van der Waals surface area (Å²) in [5, 5.41) is 3.43. The van der Waals surface area contributed by atoms with Crippen molar-refractivity contribution >= 4 is 22.4 Å². The van der Waals surface area contributed by atoms with Crippen molar-refractivity contribution in [2.45, 2.75) is 20.0 Å². The maximum atomic E-state index is 4.64. The van der Waals surface area contributed by atoms with E-state index in [1.54, 1.807) is 11.3 Å². The lowest BCUT2D eigenvalue weighted by molar-refractivity contribution is 0.646. The molecule has 3 aromatic rings. The Morgan fingerprint density at radius 3 is 2.84 bits per heavy atom. The van der Waals surface area contributed by atoms with Crippen LogP contribution in [-0.4, -0.2) is 14.5 Å². The van der Waals surface area contributed by atoms with E-state index < -0.39 is 0 Å². The van der Waals surface area contributed by atoms with Crippen LogP contribution in [0.15, 0.2) is 29.8 Å². The number of thiazole rings is 1. The third-order valence-electron chi connectivity index (χ3n) is 3.29. The van der Waals surface area contributed by atoms with Gasteiger partial charge in [0.05, 0.1) is 28.8 Å². The summed E-state index contributed by atoms with van der Waals surface area (Å²) < 4.78 is 2.14. The molecule has 0 fully saturated rings. The van der Waals surface area contributed by atoms with E-state index in [1.807, 2.05) is 30.6 Å². The van der Waals surface area contributed by atoms with Crippen LogP contribution in [0.25, 0.3) is 11.0 Å². The molecular weight excluding hydrogens is 256 g/mol. The molecule has 1 aromatic carbocycles. The molecular formula is C14H16N4S. The monoisotopic (exact) mass is 272 g/mol. The third-order valence-corrected chi connectivity index (χ3v) is 4.23. The second-order valence-electron chi connectivity index (χ2n) is 4.54. The topological polar surface area (TPSA) is 42.7 Å². The summed E-state index contributed by atoms with van der Waals surface area (Å²) in [4.78, 5) is 10.2. The average Bonchev–Trinajstić information content (AvgIpc) is 2.96. The molecule has 0 bridgehead atoms. The zero-order valence-corrected chi connectivity index (χ0v) is 11.9. The number of fused-ring (bicyclic) bond motifs is 1. The quantitative estimate of drug-likeness (QED) is 0.794. The smallest absolute Gasteiger partial charge is 0.123 e. The minimum atomic E-state index is 0.766. The largest absolute Gasteiger partial charge is 0.330 e. The normalized spacial score (nSPS) is 11.3. The number of hydrogen-bond donors (Lipinski definition) is 1. The molecule has 0 radical (unpaired) electrons. The Labute approximate surface area is 116 Å². The molecule has 1 N–H and O–H groups in total. The van der Waals surface area contributed by atoms with E-state index >= 15 is 0 Å². The molecule has 0 unspecified atom stereocenters. The van der Waals surface area contributed by atoms with Crippen LogP contribution in [-0.2, 0) is 20.1 Å². The standard InChI is InChI=1S/C14H16N4S/c1-10-13(19-9-16-10)7-15-8-14-17-11-5-3-4-6-12(11)18(14)2/h3-6,9,15H,7-8H2,1-2H3. The van der Waals surface area contributed by atoms with Crippen molar-refractivity contribution in [1.82, 2.24) is 19.9 Å². The van der Waals surface area contributed by atoms with Crippen LogP contribution >= 0.6 is 11.3 Å². The Kier molecular flexibility index (Phi) is 3.31. The van der Waals surface area contributed by atoms with Crippen LogP contribution in [0.4, 0.5) is 0 Å². The van der Waals surface area contributed by atoms with Crippen LogP contribution < -0.4 is 5.32 Å². The number of para-hydroxylation sites is 2. The summed E-state index contributed by atoms with van der Waals surface area (Å²) in [5.41, 5.74) is 5.23. The second kappa shape index (κ2) is 5.11. The molecule has 2 aromatic heterocycles. The fourth-order valence-electron chi connectivity index (χ4n) is 2.14. The molecule has 5 heteroatoms. The van der Waals surface area contributed by atoms with Gasteiger partial charge >= 0.3 is 0 Å². The highest BCUT2D eigenvalue weighted by Gasteiger charge is 2.07. The average molecular weight is 272 g/mol. The summed E-state index contributed by atoms with van der Waals surface area (Å²) >= 11 is 1.69. The van der Waals surface area contributed by atoms with Crippen molar-refractivity contribution in [3.05, 3.63) is 46.2 Å². The fourth-order valence-corrected chi connectivity index (χ4v) is 2.88. The lowest BCUT2D eigenvalue weighted by Gasteiger charge is -2.04. The third kappa shape index (κ3) is 2.39. The van der Waals surface area contributed by atoms with Crippen molar-refractivity contribution in [2.75, 3.05) is 0 Å². The predicted octanol–water partition coefficient (Wildman–Crippen LogP) is 2.63. The van der Waals surface area contributed by atoms with Gasteiger partial charge in [0.2, 0.25) is 0 Å². The number of nitrogens with one attached hydrogen (secondary N) is 1. The van der Waals surface area contributed by atoms with Crippen LogP contribution in [0.2, 0.25) is 0 Å². The van der Waals surface area contributed by atoms with Gasteiger partial charge in [-0.15, -0.1) is 11.3 Å². The first kappa shape index (κ1) is 12.3.